The zero-order valence-electron chi connectivity index (χ0n) is 15.8. The molecule has 0 unspecified atom stereocenters. The van der Waals surface area contributed by atoms with Crippen molar-refractivity contribution in [2.75, 3.05) is 20.8 Å². The number of methoxy groups -OCH3 is 2. The third kappa shape index (κ3) is 4.99. The Morgan fingerprint density at radius 1 is 1.07 bits per heavy atom. The highest BCUT2D eigenvalue weighted by atomic mass is 32.2. The summed E-state index contributed by atoms with van der Waals surface area (Å²) in [6.07, 6.45) is 0. The van der Waals surface area contributed by atoms with Crippen LogP contribution in [0.25, 0.3) is 0 Å². The van der Waals surface area contributed by atoms with Crippen LogP contribution in [0.2, 0.25) is 0 Å². The van der Waals surface area contributed by atoms with Crippen molar-refractivity contribution in [3.63, 3.8) is 0 Å². The van der Waals surface area contributed by atoms with E-state index in [1.807, 2.05) is 31.2 Å². The first kappa shape index (κ1) is 20.7. The van der Waals surface area contributed by atoms with Gasteiger partial charge in [-0.3, -0.25) is 4.79 Å². The van der Waals surface area contributed by atoms with Crippen LogP contribution in [-0.4, -0.2) is 35.1 Å². The molecule has 0 spiro atoms. The number of benzene rings is 2. The van der Waals surface area contributed by atoms with Gasteiger partial charge in [-0.1, -0.05) is 19.1 Å². The first-order chi connectivity index (χ1) is 12.8. The van der Waals surface area contributed by atoms with Crippen LogP contribution < -0.4 is 19.5 Å². The molecule has 7 nitrogen and oxygen atoms in total. The molecule has 0 saturated carbocycles. The molecule has 0 aliphatic carbocycles. The molecule has 2 aromatic carbocycles. The fourth-order valence-corrected chi connectivity index (χ4v) is 3.79. The second-order valence-corrected chi connectivity index (χ2v) is 7.57. The molecule has 0 saturated heterocycles. The van der Waals surface area contributed by atoms with E-state index in [0.29, 0.717) is 0 Å². The monoisotopic (exact) mass is 392 g/mol. The molecular weight excluding hydrogens is 368 g/mol. The van der Waals surface area contributed by atoms with Gasteiger partial charge in [0.1, 0.15) is 16.4 Å². The Labute approximate surface area is 159 Å². The lowest BCUT2D eigenvalue weighted by atomic mass is 10.1. The van der Waals surface area contributed by atoms with Gasteiger partial charge >= 0.3 is 0 Å². The number of carbonyl (C=O) groups excluding carboxylic acids is 1. The van der Waals surface area contributed by atoms with E-state index in [0.717, 1.165) is 11.3 Å². The molecule has 2 rings (SSSR count). The molecule has 1 amide bonds. The van der Waals surface area contributed by atoms with Crippen molar-refractivity contribution >= 4 is 15.9 Å². The van der Waals surface area contributed by atoms with E-state index >= 15 is 0 Å². The molecule has 0 aromatic heterocycles. The topological polar surface area (TPSA) is 93.7 Å². The van der Waals surface area contributed by atoms with Crippen LogP contribution in [0.15, 0.2) is 47.4 Å². The smallest absolute Gasteiger partial charge is 0.251 e. The molecule has 27 heavy (non-hydrogen) atoms. The lowest BCUT2D eigenvalue weighted by molar-refractivity contribution is 0.0939. The third-order valence-electron chi connectivity index (χ3n) is 4.01. The van der Waals surface area contributed by atoms with Crippen LogP contribution in [0.5, 0.6) is 11.5 Å². The zero-order chi connectivity index (χ0) is 20.0. The number of hydrogen-bond acceptors (Lipinski definition) is 5. The summed E-state index contributed by atoms with van der Waals surface area (Å²) in [7, 11) is -0.799. The van der Waals surface area contributed by atoms with E-state index in [-0.39, 0.29) is 34.7 Å². The molecule has 8 heteroatoms. The van der Waals surface area contributed by atoms with Crippen LogP contribution in [0.1, 0.15) is 35.8 Å². The quantitative estimate of drug-likeness (QED) is 0.720. The Balaban J connectivity index is 2.25. The highest BCUT2D eigenvalue weighted by molar-refractivity contribution is 7.89. The third-order valence-corrected chi connectivity index (χ3v) is 5.58. The molecule has 146 valence electrons. The highest BCUT2D eigenvalue weighted by Crippen LogP contribution is 2.25. The van der Waals surface area contributed by atoms with Gasteiger partial charge < -0.3 is 14.8 Å². The summed E-state index contributed by atoms with van der Waals surface area (Å²) in [6.45, 7) is 3.76. The van der Waals surface area contributed by atoms with Crippen molar-refractivity contribution in [1.82, 2.24) is 10.0 Å². The highest BCUT2D eigenvalue weighted by Gasteiger charge is 2.21. The predicted molar refractivity (Wildman–Crippen MR) is 103 cm³/mol. The minimum atomic E-state index is -3.77. The molecule has 2 N–H and O–H groups in total. The first-order valence-corrected chi connectivity index (χ1v) is 9.93. The van der Waals surface area contributed by atoms with Crippen molar-refractivity contribution < 1.29 is 22.7 Å². The fourth-order valence-electron chi connectivity index (χ4n) is 2.55. The number of ether oxygens (including phenoxy) is 2. The van der Waals surface area contributed by atoms with Crippen molar-refractivity contribution in [1.29, 1.82) is 0 Å². The number of amides is 1. The SMILES string of the molecule is CCNS(=O)(=O)c1cc(C(=O)N[C@H](C)c2ccc(OC)cc2)ccc1OC. The van der Waals surface area contributed by atoms with E-state index in [2.05, 4.69) is 10.0 Å². The predicted octanol–water partition coefficient (Wildman–Crippen LogP) is 2.49. The molecule has 0 heterocycles. The summed E-state index contributed by atoms with van der Waals surface area (Å²) in [5.41, 5.74) is 1.13. The van der Waals surface area contributed by atoms with Crippen LogP contribution in [0.4, 0.5) is 0 Å². The maximum Gasteiger partial charge on any atom is 0.251 e. The number of rotatable bonds is 8. The van der Waals surface area contributed by atoms with Crippen molar-refractivity contribution in [3.05, 3.63) is 53.6 Å². The minimum absolute atomic E-state index is 0.0726. The lowest BCUT2D eigenvalue weighted by Gasteiger charge is -2.16. The number of nitrogens with one attached hydrogen (secondary N) is 2. The van der Waals surface area contributed by atoms with Crippen LogP contribution in [0.3, 0.4) is 0 Å². The number of carbonyl (C=O) groups is 1. The van der Waals surface area contributed by atoms with Gasteiger partial charge in [-0.05, 0) is 42.8 Å². The maximum absolute atomic E-state index is 12.6. The van der Waals surface area contributed by atoms with Gasteiger partial charge in [0, 0.05) is 12.1 Å². The molecule has 0 fully saturated rings. The fraction of sp³-hybridized carbons (Fsp3) is 0.316. The van der Waals surface area contributed by atoms with Crippen LogP contribution in [-0.2, 0) is 10.0 Å². The van der Waals surface area contributed by atoms with Crippen molar-refractivity contribution in [2.24, 2.45) is 0 Å². The van der Waals surface area contributed by atoms with Crippen LogP contribution >= 0.6 is 0 Å². The normalized spacial score (nSPS) is 12.3. The molecule has 1 atom stereocenters. The molecule has 0 aliphatic rings. The Kier molecular flexibility index (Phi) is 6.81. The van der Waals surface area contributed by atoms with Crippen molar-refractivity contribution in [2.45, 2.75) is 24.8 Å². The Hall–Kier alpha value is -2.58. The number of hydrogen-bond donors (Lipinski definition) is 2. The van der Waals surface area contributed by atoms with Gasteiger partial charge in [0.15, 0.2) is 0 Å². The van der Waals surface area contributed by atoms with E-state index in [1.54, 1.807) is 14.0 Å². The number of sulfonamides is 1. The summed E-state index contributed by atoms with van der Waals surface area (Å²) >= 11 is 0. The standard InChI is InChI=1S/C19H24N2O5S/c1-5-20-27(23,24)18-12-15(8-11-17(18)26-4)19(22)21-13(2)14-6-9-16(25-3)10-7-14/h6-13,20H,5H2,1-4H3,(H,21,22)/t13-/m1/s1. The summed E-state index contributed by atoms with van der Waals surface area (Å²) in [4.78, 5) is 12.5. The molecular formula is C19H24N2O5S. The average Bonchev–Trinajstić information content (AvgIpc) is 2.67. The maximum atomic E-state index is 12.6. The Morgan fingerprint density at radius 3 is 2.30 bits per heavy atom. The Bertz CT molecular complexity index is 895. The molecule has 0 bridgehead atoms. The van der Waals surface area contributed by atoms with Gasteiger partial charge in [0.05, 0.1) is 20.3 Å². The van der Waals surface area contributed by atoms with E-state index in [9.17, 15) is 13.2 Å². The summed E-state index contributed by atoms with van der Waals surface area (Å²) in [5.74, 6) is 0.523. The minimum Gasteiger partial charge on any atom is -0.497 e. The summed E-state index contributed by atoms with van der Waals surface area (Å²) in [5, 5.41) is 2.86. The summed E-state index contributed by atoms with van der Waals surface area (Å²) in [6, 6.07) is 11.4. The van der Waals surface area contributed by atoms with Crippen molar-refractivity contribution in [3.8, 4) is 11.5 Å². The van der Waals surface area contributed by atoms with E-state index < -0.39 is 10.0 Å². The first-order valence-electron chi connectivity index (χ1n) is 8.45. The van der Waals surface area contributed by atoms with E-state index in [1.165, 1.54) is 25.3 Å². The van der Waals surface area contributed by atoms with E-state index in [4.69, 9.17) is 9.47 Å². The molecule has 2 aromatic rings. The second-order valence-electron chi connectivity index (χ2n) is 5.84. The molecule has 0 aliphatic heterocycles. The van der Waals surface area contributed by atoms with Gasteiger partial charge in [-0.15, -0.1) is 0 Å². The van der Waals surface area contributed by atoms with Gasteiger partial charge in [0.2, 0.25) is 10.0 Å². The van der Waals surface area contributed by atoms with Gasteiger partial charge in [0.25, 0.3) is 5.91 Å². The average molecular weight is 392 g/mol. The van der Waals surface area contributed by atoms with Gasteiger partial charge in [-0.2, -0.15) is 0 Å². The molecule has 0 radical (unpaired) electrons. The summed E-state index contributed by atoms with van der Waals surface area (Å²) < 4.78 is 37.4. The largest absolute Gasteiger partial charge is 0.497 e. The van der Waals surface area contributed by atoms with Crippen LogP contribution in [0, 0.1) is 0 Å². The lowest BCUT2D eigenvalue weighted by Crippen LogP contribution is -2.28. The zero-order valence-corrected chi connectivity index (χ0v) is 16.6. The second kappa shape index (κ2) is 8.88. The Morgan fingerprint density at radius 2 is 1.74 bits per heavy atom. The van der Waals surface area contributed by atoms with Gasteiger partial charge in [-0.25, -0.2) is 13.1 Å².